The van der Waals surface area contributed by atoms with E-state index in [0.29, 0.717) is 34.3 Å². The number of hydrogen-bond donors (Lipinski definition) is 1. The highest BCUT2D eigenvalue weighted by atomic mass is 35.5. The van der Waals surface area contributed by atoms with Crippen molar-refractivity contribution < 1.29 is 14.3 Å². The van der Waals surface area contributed by atoms with Gasteiger partial charge in [-0.25, -0.2) is 0 Å². The Morgan fingerprint density at radius 2 is 1.66 bits per heavy atom. The van der Waals surface area contributed by atoms with Gasteiger partial charge in [-0.2, -0.15) is 0 Å². The summed E-state index contributed by atoms with van der Waals surface area (Å²) >= 11 is 13.0. The van der Waals surface area contributed by atoms with Crippen LogP contribution in [0.4, 0.5) is 0 Å². The number of nitrogens with zero attached hydrogens (tertiary/aromatic N) is 1. The SMILES string of the molecule is CCCCNC(=O)C(Cc1ccccc1)N(Cc1c(Cl)cccc1Cl)C(=O)COc1cc(C)cc(C)c1C. The second-order valence-corrected chi connectivity index (χ2v) is 10.4. The van der Waals surface area contributed by atoms with Gasteiger partial charge in [-0.3, -0.25) is 9.59 Å². The molecule has 7 heteroatoms. The summed E-state index contributed by atoms with van der Waals surface area (Å²) in [5.41, 5.74) is 4.64. The van der Waals surface area contributed by atoms with Gasteiger partial charge in [0.1, 0.15) is 11.8 Å². The summed E-state index contributed by atoms with van der Waals surface area (Å²) in [6.45, 7) is 8.42. The van der Waals surface area contributed by atoms with Gasteiger partial charge in [-0.05, 0) is 67.6 Å². The number of carbonyl (C=O) groups excluding carboxylic acids is 2. The van der Waals surface area contributed by atoms with E-state index in [-0.39, 0.29) is 25.0 Å². The van der Waals surface area contributed by atoms with Gasteiger partial charge in [0.25, 0.3) is 5.91 Å². The van der Waals surface area contributed by atoms with Crippen molar-refractivity contribution in [3.8, 4) is 5.75 Å². The summed E-state index contributed by atoms with van der Waals surface area (Å²) in [6.07, 6.45) is 2.14. The van der Waals surface area contributed by atoms with Gasteiger partial charge >= 0.3 is 0 Å². The molecule has 0 aliphatic rings. The van der Waals surface area contributed by atoms with E-state index >= 15 is 0 Å². The van der Waals surface area contributed by atoms with Gasteiger partial charge in [0, 0.05) is 35.1 Å². The number of hydrogen-bond acceptors (Lipinski definition) is 3. The average Bonchev–Trinajstić information content (AvgIpc) is 2.89. The summed E-state index contributed by atoms with van der Waals surface area (Å²) in [6, 6.07) is 18.1. The Labute approximate surface area is 236 Å². The first-order valence-corrected chi connectivity index (χ1v) is 13.7. The standard InChI is InChI=1S/C31H36Cl2N2O3/c1-5-6-15-34-31(37)28(18-24-11-8-7-9-12-24)35(19-25-26(32)13-10-14-27(25)33)30(36)20-38-29-17-21(2)16-22(3)23(29)4/h7-14,16-17,28H,5-6,15,18-20H2,1-4H3,(H,34,37). The van der Waals surface area contributed by atoms with Crippen LogP contribution in [0.15, 0.2) is 60.7 Å². The molecule has 0 heterocycles. The van der Waals surface area contributed by atoms with E-state index in [0.717, 1.165) is 35.1 Å². The topological polar surface area (TPSA) is 58.6 Å². The van der Waals surface area contributed by atoms with E-state index in [2.05, 4.69) is 18.3 Å². The highest BCUT2D eigenvalue weighted by Crippen LogP contribution is 2.28. The third-order valence-electron chi connectivity index (χ3n) is 6.61. The number of halogens is 2. The van der Waals surface area contributed by atoms with Crippen LogP contribution < -0.4 is 10.1 Å². The lowest BCUT2D eigenvalue weighted by atomic mass is 10.0. The molecule has 38 heavy (non-hydrogen) atoms. The summed E-state index contributed by atoms with van der Waals surface area (Å²) in [7, 11) is 0. The van der Waals surface area contributed by atoms with Crippen molar-refractivity contribution in [2.75, 3.05) is 13.2 Å². The molecule has 5 nitrogen and oxygen atoms in total. The summed E-state index contributed by atoms with van der Waals surface area (Å²) in [4.78, 5) is 28.9. The minimum absolute atomic E-state index is 0.0746. The van der Waals surface area contributed by atoms with Crippen molar-refractivity contribution in [1.29, 1.82) is 0 Å². The number of nitrogens with one attached hydrogen (secondary N) is 1. The molecule has 0 aromatic heterocycles. The van der Waals surface area contributed by atoms with Crippen molar-refractivity contribution in [3.63, 3.8) is 0 Å². The Morgan fingerprint density at radius 1 is 0.974 bits per heavy atom. The largest absolute Gasteiger partial charge is 0.483 e. The Balaban J connectivity index is 1.97. The molecule has 0 aliphatic carbocycles. The minimum atomic E-state index is -0.780. The molecular formula is C31H36Cl2N2O3. The van der Waals surface area contributed by atoms with E-state index in [4.69, 9.17) is 27.9 Å². The van der Waals surface area contributed by atoms with Crippen LogP contribution in [0.5, 0.6) is 5.75 Å². The van der Waals surface area contributed by atoms with Crippen molar-refractivity contribution >= 4 is 35.0 Å². The molecular weight excluding hydrogens is 519 g/mol. The molecule has 1 N–H and O–H groups in total. The highest BCUT2D eigenvalue weighted by Gasteiger charge is 2.31. The smallest absolute Gasteiger partial charge is 0.261 e. The fourth-order valence-electron chi connectivity index (χ4n) is 4.29. The second-order valence-electron chi connectivity index (χ2n) is 9.57. The predicted molar refractivity (Wildman–Crippen MR) is 155 cm³/mol. The molecule has 0 radical (unpaired) electrons. The first-order valence-electron chi connectivity index (χ1n) is 13.0. The monoisotopic (exact) mass is 554 g/mol. The molecule has 0 aliphatic heterocycles. The van der Waals surface area contributed by atoms with Crippen molar-refractivity contribution in [3.05, 3.63) is 98.5 Å². The van der Waals surface area contributed by atoms with Crippen LogP contribution in [0.1, 0.15) is 47.6 Å². The predicted octanol–water partition coefficient (Wildman–Crippen LogP) is 6.85. The number of aryl methyl sites for hydroxylation is 2. The van der Waals surface area contributed by atoms with Crippen LogP contribution in [0.25, 0.3) is 0 Å². The first kappa shape index (κ1) is 29.5. The Kier molecular flexibility index (Phi) is 11.1. The van der Waals surface area contributed by atoms with Crippen molar-refractivity contribution in [2.24, 2.45) is 0 Å². The number of rotatable bonds is 12. The second kappa shape index (κ2) is 14.2. The van der Waals surface area contributed by atoms with Crippen LogP contribution in [-0.2, 0) is 22.6 Å². The van der Waals surface area contributed by atoms with E-state index in [1.165, 1.54) is 0 Å². The average molecular weight is 556 g/mol. The molecule has 0 bridgehead atoms. The van der Waals surface area contributed by atoms with Gasteiger partial charge in [-0.1, -0.05) is 79.0 Å². The van der Waals surface area contributed by atoms with E-state index in [1.807, 2.05) is 57.2 Å². The fraction of sp³-hybridized carbons (Fsp3) is 0.355. The van der Waals surface area contributed by atoms with Crippen LogP contribution >= 0.6 is 23.2 Å². The fourth-order valence-corrected chi connectivity index (χ4v) is 4.80. The van der Waals surface area contributed by atoms with Crippen LogP contribution in [0.2, 0.25) is 10.0 Å². The number of carbonyl (C=O) groups is 2. The summed E-state index contributed by atoms with van der Waals surface area (Å²) in [5, 5.41) is 3.89. The molecule has 202 valence electrons. The maximum Gasteiger partial charge on any atom is 0.261 e. The third kappa shape index (κ3) is 7.99. The normalized spacial score (nSPS) is 11.6. The zero-order valence-corrected chi connectivity index (χ0v) is 24.0. The van der Waals surface area contributed by atoms with Crippen LogP contribution in [0, 0.1) is 20.8 Å². The van der Waals surface area contributed by atoms with Crippen LogP contribution in [0.3, 0.4) is 0 Å². The van der Waals surface area contributed by atoms with Gasteiger partial charge in [0.15, 0.2) is 6.61 Å². The molecule has 0 saturated heterocycles. The van der Waals surface area contributed by atoms with Gasteiger partial charge in [-0.15, -0.1) is 0 Å². The molecule has 1 atom stereocenters. The first-order chi connectivity index (χ1) is 18.2. The lowest BCUT2D eigenvalue weighted by Gasteiger charge is -2.32. The molecule has 1 unspecified atom stereocenters. The minimum Gasteiger partial charge on any atom is -0.483 e. The Hall–Kier alpha value is -3.02. The number of unbranched alkanes of at least 4 members (excludes halogenated alkanes) is 1. The highest BCUT2D eigenvalue weighted by molar-refractivity contribution is 6.36. The maximum absolute atomic E-state index is 13.8. The van der Waals surface area contributed by atoms with E-state index < -0.39 is 6.04 Å². The van der Waals surface area contributed by atoms with Gasteiger partial charge in [0.2, 0.25) is 5.91 Å². The summed E-state index contributed by atoms with van der Waals surface area (Å²) in [5.74, 6) is 0.103. The molecule has 2 amide bonds. The van der Waals surface area contributed by atoms with E-state index in [1.54, 1.807) is 23.1 Å². The zero-order chi connectivity index (χ0) is 27.7. The Bertz CT molecular complexity index is 1230. The molecule has 3 rings (SSSR count). The molecule has 3 aromatic carbocycles. The van der Waals surface area contributed by atoms with Crippen molar-refractivity contribution in [2.45, 2.75) is 59.5 Å². The van der Waals surface area contributed by atoms with Crippen LogP contribution in [-0.4, -0.2) is 35.9 Å². The number of amides is 2. The molecule has 3 aromatic rings. The van der Waals surface area contributed by atoms with E-state index in [9.17, 15) is 9.59 Å². The van der Waals surface area contributed by atoms with Gasteiger partial charge < -0.3 is 15.0 Å². The lowest BCUT2D eigenvalue weighted by Crippen LogP contribution is -2.52. The number of benzene rings is 3. The Morgan fingerprint density at radius 3 is 2.32 bits per heavy atom. The quantitative estimate of drug-likeness (QED) is 0.249. The number of ether oxygens (including phenoxy) is 1. The maximum atomic E-state index is 13.8. The molecule has 0 saturated carbocycles. The van der Waals surface area contributed by atoms with Crippen molar-refractivity contribution in [1.82, 2.24) is 10.2 Å². The molecule has 0 fully saturated rings. The summed E-state index contributed by atoms with van der Waals surface area (Å²) < 4.78 is 6.03. The zero-order valence-electron chi connectivity index (χ0n) is 22.5. The van der Waals surface area contributed by atoms with Gasteiger partial charge in [0.05, 0.1) is 0 Å². The molecule has 0 spiro atoms. The third-order valence-corrected chi connectivity index (χ3v) is 7.31. The lowest BCUT2D eigenvalue weighted by molar-refractivity contribution is -0.142.